The lowest BCUT2D eigenvalue weighted by atomic mass is 10.3. The normalized spacial score (nSPS) is 9.85. The fraction of sp³-hybridized carbons (Fsp3) is 0.462. The quantitative estimate of drug-likeness (QED) is 0.626. The van der Waals surface area contributed by atoms with Gasteiger partial charge in [0.15, 0.2) is 5.76 Å². The molecule has 0 aliphatic rings. The van der Waals surface area contributed by atoms with Crippen molar-refractivity contribution < 1.29 is 18.8 Å². The molecule has 0 saturated carbocycles. The smallest absolute Gasteiger partial charge is 0.286 e. The van der Waals surface area contributed by atoms with E-state index in [0.29, 0.717) is 6.54 Å². The number of hydrogen-bond donors (Lipinski definition) is 3. The van der Waals surface area contributed by atoms with E-state index in [1.54, 1.807) is 6.07 Å². The first-order chi connectivity index (χ1) is 9.63. The molecular formula is C13H19N3O4. The van der Waals surface area contributed by atoms with E-state index < -0.39 is 0 Å². The van der Waals surface area contributed by atoms with Gasteiger partial charge in [0.1, 0.15) is 0 Å². The van der Waals surface area contributed by atoms with Gasteiger partial charge in [0.25, 0.3) is 5.91 Å². The van der Waals surface area contributed by atoms with E-state index in [1.165, 1.54) is 12.3 Å². The van der Waals surface area contributed by atoms with Crippen LogP contribution in [0.4, 0.5) is 0 Å². The summed E-state index contributed by atoms with van der Waals surface area (Å²) in [5.41, 5.74) is 0. The third kappa shape index (κ3) is 6.03. The molecule has 0 atom stereocenters. The van der Waals surface area contributed by atoms with Crippen molar-refractivity contribution >= 4 is 17.7 Å². The van der Waals surface area contributed by atoms with Gasteiger partial charge in [-0.3, -0.25) is 14.4 Å². The van der Waals surface area contributed by atoms with Crippen LogP contribution in [0.3, 0.4) is 0 Å². The number of nitrogens with one attached hydrogen (secondary N) is 3. The summed E-state index contributed by atoms with van der Waals surface area (Å²) in [6.45, 7) is 2.67. The molecule has 1 aromatic rings. The molecule has 0 bridgehead atoms. The Balaban J connectivity index is 2.11. The Morgan fingerprint density at radius 1 is 1.10 bits per heavy atom. The molecule has 1 rings (SSSR count). The lowest BCUT2D eigenvalue weighted by molar-refractivity contribution is -0.126. The van der Waals surface area contributed by atoms with E-state index in [1.807, 2.05) is 6.92 Å². The molecule has 110 valence electrons. The van der Waals surface area contributed by atoms with Gasteiger partial charge < -0.3 is 20.4 Å². The van der Waals surface area contributed by atoms with Crippen molar-refractivity contribution in [3.63, 3.8) is 0 Å². The molecule has 0 radical (unpaired) electrons. The number of rotatable bonds is 8. The van der Waals surface area contributed by atoms with Crippen molar-refractivity contribution in [2.45, 2.75) is 19.8 Å². The highest BCUT2D eigenvalue weighted by molar-refractivity contribution is 5.91. The topological polar surface area (TPSA) is 100 Å². The predicted octanol–water partition coefficient (Wildman–Crippen LogP) is 0.0419. The molecule has 20 heavy (non-hydrogen) atoms. The van der Waals surface area contributed by atoms with Gasteiger partial charge in [-0.05, 0) is 18.6 Å². The average molecular weight is 281 g/mol. The van der Waals surface area contributed by atoms with Crippen LogP contribution in [-0.4, -0.2) is 37.4 Å². The van der Waals surface area contributed by atoms with Crippen molar-refractivity contribution in [2.24, 2.45) is 0 Å². The maximum absolute atomic E-state index is 11.5. The molecule has 0 aromatic carbocycles. The van der Waals surface area contributed by atoms with E-state index in [9.17, 15) is 14.4 Å². The first kappa shape index (κ1) is 15.7. The van der Waals surface area contributed by atoms with Gasteiger partial charge in [0.05, 0.1) is 12.8 Å². The summed E-state index contributed by atoms with van der Waals surface area (Å²) in [7, 11) is 0. The summed E-state index contributed by atoms with van der Waals surface area (Å²) in [6, 6.07) is 3.14. The minimum Gasteiger partial charge on any atom is -0.459 e. The largest absolute Gasteiger partial charge is 0.459 e. The SMILES string of the molecule is CCCNC(=O)CNC(=O)CCNC(=O)c1ccco1. The van der Waals surface area contributed by atoms with Crippen molar-refractivity contribution in [3.8, 4) is 0 Å². The van der Waals surface area contributed by atoms with Crippen LogP contribution >= 0.6 is 0 Å². The van der Waals surface area contributed by atoms with Crippen LogP contribution in [0.5, 0.6) is 0 Å². The van der Waals surface area contributed by atoms with Crippen LogP contribution in [0.1, 0.15) is 30.3 Å². The predicted molar refractivity (Wildman–Crippen MR) is 72.0 cm³/mol. The van der Waals surface area contributed by atoms with E-state index in [-0.39, 0.29) is 43.0 Å². The molecule has 1 aromatic heterocycles. The first-order valence-electron chi connectivity index (χ1n) is 6.48. The fourth-order valence-electron chi connectivity index (χ4n) is 1.38. The Bertz CT molecular complexity index is 442. The Kier molecular flexibility index (Phi) is 6.88. The van der Waals surface area contributed by atoms with E-state index >= 15 is 0 Å². The highest BCUT2D eigenvalue weighted by Crippen LogP contribution is 1.98. The minimum atomic E-state index is -0.372. The van der Waals surface area contributed by atoms with Crippen LogP contribution < -0.4 is 16.0 Å². The monoisotopic (exact) mass is 281 g/mol. The Morgan fingerprint density at radius 3 is 2.55 bits per heavy atom. The zero-order chi connectivity index (χ0) is 14.8. The minimum absolute atomic E-state index is 0.0506. The molecular weight excluding hydrogens is 262 g/mol. The molecule has 7 nitrogen and oxygen atoms in total. The summed E-state index contributed by atoms with van der Waals surface area (Å²) in [5.74, 6) is -0.691. The van der Waals surface area contributed by atoms with Gasteiger partial charge in [-0.2, -0.15) is 0 Å². The number of furan rings is 1. The number of hydrogen-bond acceptors (Lipinski definition) is 4. The van der Waals surface area contributed by atoms with Gasteiger partial charge in [-0.15, -0.1) is 0 Å². The van der Waals surface area contributed by atoms with E-state index in [2.05, 4.69) is 16.0 Å². The fourth-order valence-corrected chi connectivity index (χ4v) is 1.38. The highest BCUT2D eigenvalue weighted by Gasteiger charge is 2.09. The molecule has 0 spiro atoms. The van der Waals surface area contributed by atoms with E-state index in [4.69, 9.17) is 4.42 Å². The highest BCUT2D eigenvalue weighted by atomic mass is 16.3. The van der Waals surface area contributed by atoms with E-state index in [0.717, 1.165) is 6.42 Å². The zero-order valence-electron chi connectivity index (χ0n) is 11.4. The molecule has 7 heteroatoms. The maximum Gasteiger partial charge on any atom is 0.286 e. The van der Waals surface area contributed by atoms with Crippen LogP contribution in [-0.2, 0) is 9.59 Å². The molecule has 0 unspecified atom stereocenters. The second kappa shape index (κ2) is 8.73. The third-order valence-corrected chi connectivity index (χ3v) is 2.40. The van der Waals surface area contributed by atoms with Crippen molar-refractivity contribution in [1.29, 1.82) is 0 Å². The molecule has 0 fully saturated rings. The summed E-state index contributed by atoms with van der Waals surface area (Å²) < 4.78 is 4.90. The lowest BCUT2D eigenvalue weighted by Crippen LogP contribution is -2.38. The van der Waals surface area contributed by atoms with Gasteiger partial charge in [0.2, 0.25) is 11.8 Å². The van der Waals surface area contributed by atoms with Crippen LogP contribution in [0.15, 0.2) is 22.8 Å². The molecule has 3 N–H and O–H groups in total. The van der Waals surface area contributed by atoms with Crippen LogP contribution in [0.25, 0.3) is 0 Å². The Hall–Kier alpha value is -2.31. The number of amides is 3. The molecule has 3 amide bonds. The summed E-state index contributed by atoms with van der Waals surface area (Å²) >= 11 is 0. The number of carbonyl (C=O) groups is 3. The van der Waals surface area contributed by atoms with Crippen molar-refractivity contribution in [3.05, 3.63) is 24.2 Å². The second-order valence-corrected chi connectivity index (χ2v) is 4.11. The molecule has 0 aliphatic heterocycles. The van der Waals surface area contributed by atoms with Gasteiger partial charge >= 0.3 is 0 Å². The maximum atomic E-state index is 11.5. The van der Waals surface area contributed by atoms with Crippen molar-refractivity contribution in [2.75, 3.05) is 19.6 Å². The van der Waals surface area contributed by atoms with Gasteiger partial charge in [-0.1, -0.05) is 6.92 Å². The summed E-state index contributed by atoms with van der Waals surface area (Å²) in [5, 5.41) is 7.66. The third-order valence-electron chi connectivity index (χ3n) is 2.40. The first-order valence-corrected chi connectivity index (χ1v) is 6.48. The van der Waals surface area contributed by atoms with Crippen LogP contribution in [0, 0.1) is 0 Å². The Labute approximate surface area is 117 Å². The second-order valence-electron chi connectivity index (χ2n) is 4.11. The standard InChI is InChI=1S/C13H19N3O4/c1-2-6-14-12(18)9-16-11(17)5-7-15-13(19)10-4-3-8-20-10/h3-4,8H,2,5-7,9H2,1H3,(H,14,18)(H,15,19)(H,16,17). The zero-order valence-corrected chi connectivity index (χ0v) is 11.4. The average Bonchev–Trinajstić information content (AvgIpc) is 2.97. The molecule has 0 saturated heterocycles. The van der Waals surface area contributed by atoms with Gasteiger partial charge in [-0.25, -0.2) is 0 Å². The Morgan fingerprint density at radius 2 is 1.90 bits per heavy atom. The lowest BCUT2D eigenvalue weighted by Gasteiger charge is -2.06. The van der Waals surface area contributed by atoms with Crippen LogP contribution in [0.2, 0.25) is 0 Å². The number of carbonyl (C=O) groups excluding carboxylic acids is 3. The van der Waals surface area contributed by atoms with Gasteiger partial charge in [0, 0.05) is 19.5 Å². The molecule has 0 aliphatic carbocycles. The molecule has 1 heterocycles. The van der Waals surface area contributed by atoms with Crippen molar-refractivity contribution in [1.82, 2.24) is 16.0 Å². The summed E-state index contributed by atoms with van der Waals surface area (Å²) in [4.78, 5) is 34.1. The summed E-state index contributed by atoms with van der Waals surface area (Å²) in [6.07, 6.45) is 2.35.